The maximum Gasteiger partial charge on any atom is 0.248 e. The lowest BCUT2D eigenvalue weighted by Gasteiger charge is -2.57. The van der Waals surface area contributed by atoms with Crippen LogP contribution in [0.2, 0.25) is 0 Å². The van der Waals surface area contributed by atoms with Crippen LogP contribution >= 0.6 is 0 Å². The van der Waals surface area contributed by atoms with Crippen molar-refractivity contribution in [2.75, 3.05) is 5.32 Å². The van der Waals surface area contributed by atoms with Crippen molar-refractivity contribution in [3.05, 3.63) is 41.5 Å². The van der Waals surface area contributed by atoms with Gasteiger partial charge in [0.25, 0.3) is 0 Å². The van der Waals surface area contributed by atoms with Gasteiger partial charge in [-0.15, -0.1) is 0 Å². The van der Waals surface area contributed by atoms with Crippen molar-refractivity contribution >= 4 is 17.5 Å². The van der Waals surface area contributed by atoms with Gasteiger partial charge in [-0.05, 0) is 86.3 Å². The molecule has 0 heterocycles. The molecule has 4 aliphatic rings. The molecule has 0 spiro atoms. The Labute approximate surface area is 155 Å². The highest BCUT2D eigenvalue weighted by Crippen LogP contribution is 2.62. The average Bonchev–Trinajstić information content (AvgIpc) is 2.55. The first-order valence-corrected chi connectivity index (χ1v) is 9.79. The third kappa shape index (κ3) is 3.42. The third-order valence-corrected chi connectivity index (χ3v) is 6.82. The Balaban J connectivity index is 1.43. The number of nitrogens with two attached hydrogens (primary N) is 1. The SMILES string of the molecule is C/C(=C\C(=O)Nc1ccc(CC(N)=O)cc1)C12CC3CC(CC(C3)C1)C2. The second kappa shape index (κ2) is 6.57. The largest absolute Gasteiger partial charge is 0.369 e. The lowest BCUT2D eigenvalue weighted by molar-refractivity contribution is -0.117. The van der Waals surface area contributed by atoms with Crippen molar-refractivity contribution in [2.45, 2.75) is 51.9 Å². The molecule has 0 radical (unpaired) electrons. The molecule has 0 aromatic heterocycles. The van der Waals surface area contributed by atoms with Gasteiger partial charge in [0, 0.05) is 11.8 Å². The number of allylic oxidation sites excluding steroid dienone is 1. The monoisotopic (exact) mass is 352 g/mol. The van der Waals surface area contributed by atoms with Crippen molar-refractivity contribution in [2.24, 2.45) is 28.9 Å². The molecule has 4 aliphatic carbocycles. The van der Waals surface area contributed by atoms with Gasteiger partial charge in [0.15, 0.2) is 0 Å². The van der Waals surface area contributed by atoms with Crippen molar-refractivity contribution < 1.29 is 9.59 Å². The van der Waals surface area contributed by atoms with Crippen LogP contribution in [0.4, 0.5) is 5.69 Å². The number of carbonyl (C=O) groups is 2. The number of primary amides is 1. The molecule has 0 atom stereocenters. The number of rotatable bonds is 5. The predicted molar refractivity (Wildman–Crippen MR) is 102 cm³/mol. The minimum absolute atomic E-state index is 0.0547. The van der Waals surface area contributed by atoms with Crippen molar-refractivity contribution in [1.29, 1.82) is 0 Å². The lowest BCUT2D eigenvalue weighted by Crippen LogP contribution is -2.46. The summed E-state index contributed by atoms with van der Waals surface area (Å²) in [6.07, 6.45) is 10.1. The van der Waals surface area contributed by atoms with E-state index in [9.17, 15) is 9.59 Å². The Morgan fingerprint density at radius 2 is 1.62 bits per heavy atom. The maximum atomic E-state index is 12.5. The number of anilines is 1. The number of hydrogen-bond acceptors (Lipinski definition) is 2. The normalized spacial score (nSPS) is 32.5. The Morgan fingerprint density at radius 1 is 1.08 bits per heavy atom. The Kier molecular flexibility index (Phi) is 4.37. The van der Waals surface area contributed by atoms with Crippen molar-refractivity contribution in [3.63, 3.8) is 0 Å². The van der Waals surface area contributed by atoms with Crippen LogP contribution in [0.5, 0.6) is 0 Å². The van der Waals surface area contributed by atoms with E-state index < -0.39 is 0 Å². The van der Waals surface area contributed by atoms with Gasteiger partial charge in [0.05, 0.1) is 6.42 Å². The molecule has 5 rings (SSSR count). The van der Waals surface area contributed by atoms with E-state index >= 15 is 0 Å². The van der Waals surface area contributed by atoms with E-state index in [2.05, 4.69) is 12.2 Å². The molecule has 3 N–H and O–H groups in total. The number of amides is 2. The van der Waals surface area contributed by atoms with Crippen LogP contribution in [-0.4, -0.2) is 11.8 Å². The molecule has 4 saturated carbocycles. The van der Waals surface area contributed by atoms with Gasteiger partial charge < -0.3 is 11.1 Å². The van der Waals surface area contributed by atoms with Crippen LogP contribution in [0.1, 0.15) is 51.0 Å². The number of carbonyl (C=O) groups excluding carboxylic acids is 2. The zero-order chi connectivity index (χ0) is 18.3. The smallest absolute Gasteiger partial charge is 0.248 e. The minimum atomic E-state index is -0.351. The summed E-state index contributed by atoms with van der Waals surface area (Å²) in [7, 11) is 0. The quantitative estimate of drug-likeness (QED) is 0.791. The van der Waals surface area contributed by atoms with Crippen molar-refractivity contribution in [3.8, 4) is 0 Å². The second-order valence-corrected chi connectivity index (χ2v) is 8.85. The molecular weight excluding hydrogens is 324 g/mol. The molecule has 4 fully saturated rings. The first kappa shape index (κ1) is 17.3. The Bertz CT molecular complexity index is 713. The van der Waals surface area contributed by atoms with E-state index in [1.165, 1.54) is 44.1 Å². The van der Waals surface area contributed by atoms with Gasteiger partial charge in [0.2, 0.25) is 11.8 Å². The number of hydrogen-bond donors (Lipinski definition) is 2. The fraction of sp³-hybridized carbons (Fsp3) is 0.545. The predicted octanol–water partition coefficient (Wildman–Crippen LogP) is 3.82. The first-order chi connectivity index (χ1) is 12.4. The number of benzene rings is 1. The fourth-order valence-corrected chi connectivity index (χ4v) is 6.03. The third-order valence-electron chi connectivity index (χ3n) is 6.82. The molecule has 2 amide bonds. The summed E-state index contributed by atoms with van der Waals surface area (Å²) in [6, 6.07) is 7.31. The van der Waals surface area contributed by atoms with Crippen LogP contribution < -0.4 is 11.1 Å². The standard InChI is InChI=1S/C22H28N2O2/c1-14(22-11-16-7-17(12-22)9-18(8-16)13-22)6-21(26)24-19-4-2-15(3-5-19)10-20(23)25/h2-6,16-18H,7-13H2,1H3,(H2,23,25)(H,24,26)/b14-6+. The highest BCUT2D eigenvalue weighted by molar-refractivity contribution is 5.99. The van der Waals surface area contributed by atoms with Gasteiger partial charge >= 0.3 is 0 Å². The number of nitrogens with one attached hydrogen (secondary N) is 1. The van der Waals surface area contributed by atoms with E-state index in [1.807, 2.05) is 30.3 Å². The molecule has 4 heteroatoms. The summed E-state index contributed by atoms with van der Waals surface area (Å²) in [4.78, 5) is 23.5. The van der Waals surface area contributed by atoms with Crippen LogP contribution in [0.15, 0.2) is 35.9 Å². The van der Waals surface area contributed by atoms with Crippen LogP contribution in [0.25, 0.3) is 0 Å². The van der Waals surface area contributed by atoms with E-state index in [4.69, 9.17) is 5.73 Å². The summed E-state index contributed by atoms with van der Waals surface area (Å²) in [6.45, 7) is 2.16. The maximum absolute atomic E-state index is 12.5. The second-order valence-electron chi connectivity index (χ2n) is 8.85. The molecule has 138 valence electrons. The van der Waals surface area contributed by atoms with Crippen LogP contribution in [-0.2, 0) is 16.0 Å². The minimum Gasteiger partial charge on any atom is -0.369 e. The van der Waals surface area contributed by atoms with Gasteiger partial charge in [-0.1, -0.05) is 17.7 Å². The highest BCUT2D eigenvalue weighted by Gasteiger charge is 2.51. The molecule has 0 unspecified atom stereocenters. The summed E-state index contributed by atoms with van der Waals surface area (Å²) in [5.74, 6) is 2.23. The molecule has 0 saturated heterocycles. The van der Waals surface area contributed by atoms with E-state index in [-0.39, 0.29) is 23.7 Å². The first-order valence-electron chi connectivity index (χ1n) is 9.79. The zero-order valence-corrected chi connectivity index (χ0v) is 15.5. The summed E-state index contributed by atoms with van der Waals surface area (Å²) in [5, 5.41) is 2.95. The zero-order valence-electron chi connectivity index (χ0n) is 15.5. The van der Waals surface area contributed by atoms with Crippen molar-refractivity contribution in [1.82, 2.24) is 0 Å². The molecule has 4 nitrogen and oxygen atoms in total. The molecule has 0 aliphatic heterocycles. The molecule has 1 aromatic rings. The average molecular weight is 352 g/mol. The van der Waals surface area contributed by atoms with Crippen LogP contribution in [0.3, 0.4) is 0 Å². The fourth-order valence-electron chi connectivity index (χ4n) is 6.03. The summed E-state index contributed by atoms with van der Waals surface area (Å²) >= 11 is 0. The van der Waals surface area contributed by atoms with E-state index in [0.29, 0.717) is 0 Å². The van der Waals surface area contributed by atoms with Crippen LogP contribution in [0, 0.1) is 23.2 Å². The van der Waals surface area contributed by atoms with Gasteiger partial charge in [-0.2, -0.15) is 0 Å². The molecular formula is C22H28N2O2. The summed E-state index contributed by atoms with van der Waals surface area (Å²) in [5.41, 5.74) is 8.35. The van der Waals surface area contributed by atoms with E-state index in [1.54, 1.807) is 0 Å². The molecule has 4 bridgehead atoms. The molecule has 26 heavy (non-hydrogen) atoms. The van der Waals surface area contributed by atoms with E-state index in [0.717, 1.165) is 29.0 Å². The highest BCUT2D eigenvalue weighted by atomic mass is 16.1. The summed E-state index contributed by atoms with van der Waals surface area (Å²) < 4.78 is 0. The van der Waals surface area contributed by atoms with Gasteiger partial charge in [-0.3, -0.25) is 9.59 Å². The Hall–Kier alpha value is -2.10. The Morgan fingerprint density at radius 3 is 2.12 bits per heavy atom. The lowest BCUT2D eigenvalue weighted by atomic mass is 9.48. The topological polar surface area (TPSA) is 72.2 Å². The molecule has 1 aromatic carbocycles. The van der Waals surface area contributed by atoms with Gasteiger partial charge in [0.1, 0.15) is 0 Å². The van der Waals surface area contributed by atoms with Gasteiger partial charge in [-0.25, -0.2) is 0 Å².